The third kappa shape index (κ3) is 2.74. The highest BCUT2D eigenvalue weighted by Crippen LogP contribution is 2.35. The molecule has 1 saturated carbocycles. The first-order chi connectivity index (χ1) is 8.83. The Morgan fingerprint density at radius 3 is 2.67 bits per heavy atom. The van der Waals surface area contributed by atoms with Gasteiger partial charge in [-0.15, -0.1) is 11.6 Å². The second-order valence-corrected chi connectivity index (χ2v) is 6.60. The second-order valence-electron chi connectivity index (χ2n) is 6.08. The summed E-state index contributed by atoms with van der Waals surface area (Å²) in [5.41, 5.74) is 4.47. The van der Waals surface area contributed by atoms with E-state index in [1.54, 1.807) is 11.1 Å². The molecule has 0 radical (unpaired) electrons. The molecule has 0 aliphatic heterocycles. The summed E-state index contributed by atoms with van der Waals surface area (Å²) >= 11 is 6.59. The molecule has 1 fully saturated rings. The number of hydrogen-bond acceptors (Lipinski definition) is 0. The Labute approximate surface area is 116 Å². The number of fused-ring (bicyclic) bond motifs is 1. The van der Waals surface area contributed by atoms with Gasteiger partial charge in [0.15, 0.2) is 0 Å². The van der Waals surface area contributed by atoms with E-state index in [2.05, 4.69) is 18.2 Å². The van der Waals surface area contributed by atoms with Crippen LogP contribution in [0.1, 0.15) is 67.0 Å². The minimum atomic E-state index is 0.233. The Morgan fingerprint density at radius 1 is 1.06 bits per heavy atom. The molecule has 1 aromatic carbocycles. The summed E-state index contributed by atoms with van der Waals surface area (Å²) in [4.78, 5) is 0. The van der Waals surface area contributed by atoms with Gasteiger partial charge in [-0.2, -0.15) is 0 Å². The van der Waals surface area contributed by atoms with Crippen molar-refractivity contribution < 1.29 is 0 Å². The largest absolute Gasteiger partial charge is 0.118 e. The fraction of sp³-hybridized carbons (Fsp3) is 0.647. The van der Waals surface area contributed by atoms with Crippen LogP contribution in [-0.2, 0) is 12.8 Å². The van der Waals surface area contributed by atoms with Gasteiger partial charge in [-0.3, -0.25) is 0 Å². The van der Waals surface area contributed by atoms with Gasteiger partial charge in [0.2, 0.25) is 0 Å². The van der Waals surface area contributed by atoms with E-state index in [0.717, 1.165) is 12.3 Å². The molecule has 2 aliphatic rings. The van der Waals surface area contributed by atoms with Crippen LogP contribution in [0.3, 0.4) is 0 Å². The van der Waals surface area contributed by atoms with Crippen molar-refractivity contribution in [3.8, 4) is 0 Å². The molecule has 98 valence electrons. The van der Waals surface area contributed by atoms with Gasteiger partial charge in [0.25, 0.3) is 0 Å². The van der Waals surface area contributed by atoms with Crippen molar-refractivity contribution >= 4 is 11.6 Å². The van der Waals surface area contributed by atoms with E-state index < -0.39 is 0 Å². The molecule has 1 unspecified atom stereocenters. The highest BCUT2D eigenvalue weighted by Gasteiger charge is 2.18. The number of halogens is 1. The normalized spacial score (nSPS) is 21.2. The first kappa shape index (κ1) is 12.5. The van der Waals surface area contributed by atoms with Crippen LogP contribution in [-0.4, -0.2) is 0 Å². The van der Waals surface area contributed by atoms with Crippen LogP contribution in [0, 0.1) is 5.92 Å². The third-order valence-corrected chi connectivity index (χ3v) is 5.26. The van der Waals surface area contributed by atoms with Gasteiger partial charge in [0, 0.05) is 0 Å². The van der Waals surface area contributed by atoms with Crippen molar-refractivity contribution in [3.05, 3.63) is 34.9 Å². The summed E-state index contributed by atoms with van der Waals surface area (Å²) in [7, 11) is 0. The number of alkyl halides is 1. The molecule has 0 bridgehead atoms. The van der Waals surface area contributed by atoms with E-state index in [1.807, 2.05) is 0 Å². The number of rotatable bonds is 4. The van der Waals surface area contributed by atoms with Crippen molar-refractivity contribution in [3.63, 3.8) is 0 Å². The summed E-state index contributed by atoms with van der Waals surface area (Å²) in [6.45, 7) is 0. The summed E-state index contributed by atoms with van der Waals surface area (Å²) in [5, 5.41) is 0.233. The zero-order chi connectivity index (χ0) is 12.4. The average Bonchev–Trinajstić information content (AvgIpc) is 3.05. The Bertz CT molecular complexity index is 404. The minimum Gasteiger partial charge on any atom is -0.118 e. The predicted molar refractivity (Wildman–Crippen MR) is 78.3 cm³/mol. The van der Waals surface area contributed by atoms with Gasteiger partial charge in [-0.25, -0.2) is 0 Å². The lowest BCUT2D eigenvalue weighted by Gasteiger charge is -2.14. The lowest BCUT2D eigenvalue weighted by Crippen LogP contribution is -1.98. The summed E-state index contributed by atoms with van der Waals surface area (Å²) < 4.78 is 0. The maximum Gasteiger partial charge on any atom is 0.0585 e. The molecule has 3 rings (SSSR count). The fourth-order valence-corrected chi connectivity index (χ4v) is 3.90. The zero-order valence-corrected chi connectivity index (χ0v) is 11.9. The molecule has 0 nitrogen and oxygen atoms in total. The van der Waals surface area contributed by atoms with Gasteiger partial charge in [-0.05, 0) is 54.7 Å². The first-order valence-electron chi connectivity index (χ1n) is 7.59. The Hall–Kier alpha value is -0.490. The molecule has 1 aromatic rings. The van der Waals surface area contributed by atoms with Crippen molar-refractivity contribution in [1.82, 2.24) is 0 Å². The van der Waals surface area contributed by atoms with E-state index in [-0.39, 0.29) is 5.38 Å². The van der Waals surface area contributed by atoms with Crippen molar-refractivity contribution in [1.29, 1.82) is 0 Å². The van der Waals surface area contributed by atoms with Crippen LogP contribution in [0.5, 0.6) is 0 Å². The zero-order valence-electron chi connectivity index (χ0n) is 11.1. The molecular weight excluding hydrogens is 240 g/mol. The summed E-state index contributed by atoms with van der Waals surface area (Å²) in [6.07, 6.45) is 12.1. The minimum absolute atomic E-state index is 0.233. The second kappa shape index (κ2) is 5.65. The number of benzene rings is 1. The van der Waals surface area contributed by atoms with Crippen LogP contribution >= 0.6 is 11.6 Å². The van der Waals surface area contributed by atoms with Crippen LogP contribution in [0.15, 0.2) is 18.2 Å². The van der Waals surface area contributed by atoms with E-state index in [9.17, 15) is 0 Å². The first-order valence-corrected chi connectivity index (χ1v) is 8.02. The molecule has 2 aliphatic carbocycles. The van der Waals surface area contributed by atoms with Crippen molar-refractivity contribution in [2.75, 3.05) is 0 Å². The molecule has 1 atom stereocenters. The Kier molecular flexibility index (Phi) is 3.94. The van der Waals surface area contributed by atoms with Gasteiger partial charge in [0.1, 0.15) is 0 Å². The molecule has 1 heteroatoms. The molecule has 0 amide bonds. The monoisotopic (exact) mass is 262 g/mol. The van der Waals surface area contributed by atoms with Crippen LogP contribution in [0.25, 0.3) is 0 Å². The van der Waals surface area contributed by atoms with Crippen LogP contribution in [0.2, 0.25) is 0 Å². The molecule has 0 saturated heterocycles. The number of aryl methyl sites for hydroxylation is 2. The highest BCUT2D eigenvalue weighted by atomic mass is 35.5. The highest BCUT2D eigenvalue weighted by molar-refractivity contribution is 6.20. The third-order valence-electron chi connectivity index (χ3n) is 4.79. The smallest absolute Gasteiger partial charge is 0.0585 e. The van der Waals surface area contributed by atoms with Crippen molar-refractivity contribution in [2.24, 2.45) is 5.92 Å². The molecule has 0 aromatic heterocycles. The lowest BCUT2D eigenvalue weighted by atomic mass is 9.96. The lowest BCUT2D eigenvalue weighted by molar-refractivity contribution is 0.480. The van der Waals surface area contributed by atoms with Gasteiger partial charge in [0.05, 0.1) is 5.38 Å². The SMILES string of the molecule is ClC(CCC1CCCC1)c1ccc2c(c1)CCC2. The Morgan fingerprint density at radius 2 is 1.83 bits per heavy atom. The standard InChI is InChI=1S/C17H23Cl/c18-17(11-8-13-4-1-2-5-13)16-10-9-14-6-3-7-15(14)12-16/h9-10,12-13,17H,1-8,11H2. The summed E-state index contributed by atoms with van der Waals surface area (Å²) in [6, 6.07) is 6.94. The maximum atomic E-state index is 6.59. The molecular formula is C17H23Cl. The van der Waals surface area contributed by atoms with Crippen molar-refractivity contribution in [2.45, 2.75) is 63.2 Å². The topological polar surface area (TPSA) is 0 Å². The number of hydrogen-bond donors (Lipinski definition) is 0. The van der Waals surface area contributed by atoms with E-state index >= 15 is 0 Å². The van der Waals surface area contributed by atoms with Gasteiger partial charge in [-0.1, -0.05) is 43.9 Å². The predicted octanol–water partition coefficient (Wildman–Crippen LogP) is 5.43. The van der Waals surface area contributed by atoms with E-state index in [1.165, 1.54) is 56.9 Å². The van der Waals surface area contributed by atoms with Crippen LogP contribution in [0.4, 0.5) is 0 Å². The van der Waals surface area contributed by atoms with Gasteiger partial charge < -0.3 is 0 Å². The van der Waals surface area contributed by atoms with E-state index in [0.29, 0.717) is 0 Å². The molecule has 0 N–H and O–H groups in total. The Balaban J connectivity index is 1.59. The van der Waals surface area contributed by atoms with Gasteiger partial charge >= 0.3 is 0 Å². The maximum absolute atomic E-state index is 6.59. The molecule has 18 heavy (non-hydrogen) atoms. The molecule has 0 spiro atoms. The quantitative estimate of drug-likeness (QED) is 0.635. The molecule has 0 heterocycles. The summed E-state index contributed by atoms with van der Waals surface area (Å²) in [5.74, 6) is 0.959. The van der Waals surface area contributed by atoms with Crippen LogP contribution < -0.4 is 0 Å². The average molecular weight is 263 g/mol. The fourth-order valence-electron chi connectivity index (χ4n) is 3.63. The van der Waals surface area contributed by atoms with E-state index in [4.69, 9.17) is 11.6 Å².